The maximum absolute atomic E-state index is 10.0. The smallest absolute Gasteiger partial charge is 0.405 e. The molecule has 0 aliphatic carbocycles. The van der Waals surface area contributed by atoms with Crippen molar-refractivity contribution in [2.24, 2.45) is 5.73 Å². The first kappa shape index (κ1) is 13.6. The normalized spacial score (nSPS) is 16.5. The molecule has 0 aromatic heterocycles. The number of carbonyl (C=O) groups is 1. The lowest BCUT2D eigenvalue weighted by Crippen LogP contribution is -2.27. The van der Waals surface area contributed by atoms with Crippen LogP contribution in [0.15, 0.2) is 0 Å². The third-order valence-electron chi connectivity index (χ3n) is 1.15. The van der Waals surface area contributed by atoms with Gasteiger partial charge in [0, 0.05) is 11.5 Å². The lowest BCUT2D eigenvalue weighted by molar-refractivity contribution is 0.0600. The van der Waals surface area contributed by atoms with Crippen molar-refractivity contribution in [1.82, 2.24) is 0 Å². The summed E-state index contributed by atoms with van der Waals surface area (Å²) in [6.45, 7) is 7.21. The van der Waals surface area contributed by atoms with Gasteiger partial charge in [-0.3, -0.25) is 0 Å². The van der Waals surface area contributed by atoms with E-state index in [2.05, 4.69) is 4.74 Å². The van der Waals surface area contributed by atoms with Crippen molar-refractivity contribution < 1.29 is 14.3 Å². The topological polar surface area (TPSA) is 61.6 Å². The van der Waals surface area contributed by atoms with E-state index in [-0.39, 0.29) is 0 Å². The van der Waals surface area contributed by atoms with E-state index in [9.17, 15) is 4.79 Å². The number of hydrogen-bond donors (Lipinski definition) is 1. The molecule has 4 nitrogen and oxygen atoms in total. The minimum atomic E-state index is -0.725. The zero-order valence-electron chi connectivity index (χ0n) is 9.04. The molecule has 0 aromatic rings. The number of ether oxygens (including phenoxy) is 2. The van der Waals surface area contributed by atoms with Crippen LogP contribution in [-0.4, -0.2) is 36.4 Å². The van der Waals surface area contributed by atoms with Crippen LogP contribution in [0.5, 0.6) is 0 Å². The van der Waals surface area contributed by atoms with Gasteiger partial charge in [-0.25, -0.2) is 4.79 Å². The molecule has 1 aliphatic rings. The monoisotopic (exact) mass is 221 g/mol. The van der Waals surface area contributed by atoms with Gasteiger partial charge in [-0.2, -0.15) is 11.8 Å². The Bertz CT molecular complexity index is 152. The molecule has 1 heterocycles. The van der Waals surface area contributed by atoms with Crippen LogP contribution >= 0.6 is 11.8 Å². The maximum Gasteiger partial charge on any atom is 0.405 e. The Labute approximate surface area is 89.5 Å². The summed E-state index contributed by atoms with van der Waals surface area (Å²) >= 11 is 1.97. The molecule has 0 radical (unpaired) electrons. The highest BCUT2D eigenvalue weighted by molar-refractivity contribution is 7.99. The summed E-state index contributed by atoms with van der Waals surface area (Å²) in [5.41, 5.74) is 4.26. The van der Waals surface area contributed by atoms with Crippen molar-refractivity contribution in [2.75, 3.05) is 24.7 Å². The van der Waals surface area contributed by atoms with Crippen molar-refractivity contribution >= 4 is 17.9 Å². The Balaban J connectivity index is 0.000000249. The van der Waals surface area contributed by atoms with E-state index >= 15 is 0 Å². The van der Waals surface area contributed by atoms with Crippen LogP contribution in [0, 0.1) is 0 Å². The van der Waals surface area contributed by atoms with E-state index in [1.54, 1.807) is 20.8 Å². The van der Waals surface area contributed by atoms with Gasteiger partial charge >= 0.3 is 6.09 Å². The Morgan fingerprint density at radius 1 is 1.36 bits per heavy atom. The molecule has 1 fully saturated rings. The fourth-order valence-corrected chi connectivity index (χ4v) is 1.42. The van der Waals surface area contributed by atoms with Crippen LogP contribution < -0.4 is 5.73 Å². The van der Waals surface area contributed by atoms with E-state index in [4.69, 9.17) is 10.5 Å². The highest BCUT2D eigenvalue weighted by atomic mass is 32.2. The summed E-state index contributed by atoms with van der Waals surface area (Å²) < 4.78 is 9.62. The first-order valence-corrected chi connectivity index (χ1v) is 5.71. The standard InChI is InChI=1S/C5H11NO2.C4H8OS/c1-5(2,3)8-4(6)7;1-3-6-4-2-5-1/h1-3H3,(H2,6,7);1-4H2. The second-order valence-corrected chi connectivity index (χ2v) is 4.98. The van der Waals surface area contributed by atoms with Gasteiger partial charge in [0.2, 0.25) is 0 Å². The minimum absolute atomic E-state index is 0.453. The van der Waals surface area contributed by atoms with E-state index in [1.807, 2.05) is 11.8 Å². The summed E-state index contributed by atoms with van der Waals surface area (Å²) in [6, 6.07) is 0. The van der Waals surface area contributed by atoms with Crippen molar-refractivity contribution in [3.63, 3.8) is 0 Å². The lowest BCUT2D eigenvalue weighted by atomic mass is 10.2. The van der Waals surface area contributed by atoms with Gasteiger partial charge in [-0.15, -0.1) is 0 Å². The van der Waals surface area contributed by atoms with Crippen molar-refractivity contribution in [3.8, 4) is 0 Å². The SMILES string of the molecule is C1CSCCO1.CC(C)(C)OC(N)=O. The molecular weight excluding hydrogens is 202 g/mol. The average Bonchev–Trinajstić information content (AvgIpc) is 2.03. The highest BCUT2D eigenvalue weighted by Gasteiger charge is 2.12. The number of rotatable bonds is 0. The third-order valence-corrected chi connectivity index (χ3v) is 2.06. The summed E-state index contributed by atoms with van der Waals surface area (Å²) in [4.78, 5) is 10.0. The zero-order chi connectivity index (χ0) is 11.0. The summed E-state index contributed by atoms with van der Waals surface area (Å²) in [6.07, 6.45) is -0.725. The second-order valence-electron chi connectivity index (χ2n) is 3.76. The van der Waals surface area contributed by atoms with Gasteiger partial charge in [0.1, 0.15) is 5.60 Å². The summed E-state index contributed by atoms with van der Waals surface area (Å²) in [5, 5.41) is 0. The molecule has 1 rings (SSSR count). The molecule has 1 amide bonds. The Morgan fingerprint density at radius 2 is 1.86 bits per heavy atom. The Kier molecular flexibility index (Phi) is 6.74. The zero-order valence-corrected chi connectivity index (χ0v) is 9.86. The van der Waals surface area contributed by atoms with Crippen LogP contribution in [0.1, 0.15) is 20.8 Å². The Morgan fingerprint density at radius 3 is 1.93 bits per heavy atom. The molecule has 0 unspecified atom stereocenters. The average molecular weight is 221 g/mol. The fraction of sp³-hybridized carbons (Fsp3) is 0.889. The molecule has 2 N–H and O–H groups in total. The summed E-state index contributed by atoms with van der Waals surface area (Å²) in [5.74, 6) is 2.39. The molecular formula is C9H19NO3S. The van der Waals surface area contributed by atoms with E-state index < -0.39 is 11.7 Å². The third kappa shape index (κ3) is 11.6. The second kappa shape index (κ2) is 6.95. The quantitative estimate of drug-likeness (QED) is 0.675. The van der Waals surface area contributed by atoms with Gasteiger partial charge in [-0.1, -0.05) is 0 Å². The summed E-state index contributed by atoms with van der Waals surface area (Å²) in [7, 11) is 0. The van der Waals surface area contributed by atoms with Crippen LogP contribution in [0.2, 0.25) is 0 Å². The number of carbonyl (C=O) groups excluding carboxylic acids is 1. The molecule has 0 spiro atoms. The molecule has 0 saturated carbocycles. The van der Waals surface area contributed by atoms with Gasteiger partial charge in [-0.05, 0) is 20.8 Å². The molecule has 1 aliphatic heterocycles. The lowest BCUT2D eigenvalue weighted by Gasteiger charge is -2.16. The maximum atomic E-state index is 10.0. The molecule has 0 atom stereocenters. The first-order chi connectivity index (χ1) is 6.42. The molecule has 1 saturated heterocycles. The van der Waals surface area contributed by atoms with Gasteiger partial charge in [0.15, 0.2) is 0 Å². The largest absolute Gasteiger partial charge is 0.444 e. The van der Waals surface area contributed by atoms with Crippen molar-refractivity contribution in [1.29, 1.82) is 0 Å². The number of hydrogen-bond acceptors (Lipinski definition) is 4. The molecule has 5 heteroatoms. The van der Waals surface area contributed by atoms with Crippen LogP contribution in [-0.2, 0) is 9.47 Å². The number of nitrogens with two attached hydrogens (primary N) is 1. The predicted octanol–water partition coefficient (Wildman–Crippen LogP) is 1.63. The van der Waals surface area contributed by atoms with Crippen molar-refractivity contribution in [3.05, 3.63) is 0 Å². The fourth-order valence-electron chi connectivity index (χ4n) is 0.742. The first-order valence-electron chi connectivity index (χ1n) is 4.56. The molecule has 14 heavy (non-hydrogen) atoms. The van der Waals surface area contributed by atoms with Gasteiger partial charge in [0.25, 0.3) is 0 Å². The van der Waals surface area contributed by atoms with E-state index in [1.165, 1.54) is 11.5 Å². The highest BCUT2D eigenvalue weighted by Crippen LogP contribution is 2.05. The minimum Gasteiger partial charge on any atom is -0.444 e. The van der Waals surface area contributed by atoms with E-state index in [0.717, 1.165) is 13.2 Å². The number of primary amides is 1. The molecule has 84 valence electrons. The number of amides is 1. The Hall–Kier alpha value is -0.420. The van der Waals surface area contributed by atoms with Crippen LogP contribution in [0.3, 0.4) is 0 Å². The van der Waals surface area contributed by atoms with Gasteiger partial charge in [0.05, 0.1) is 13.2 Å². The molecule has 0 aromatic carbocycles. The predicted molar refractivity (Wildman–Crippen MR) is 58.6 cm³/mol. The molecule has 0 bridgehead atoms. The van der Waals surface area contributed by atoms with E-state index in [0.29, 0.717) is 0 Å². The number of thioether (sulfide) groups is 1. The van der Waals surface area contributed by atoms with Crippen LogP contribution in [0.4, 0.5) is 4.79 Å². The van der Waals surface area contributed by atoms with Gasteiger partial charge < -0.3 is 15.2 Å². The van der Waals surface area contributed by atoms with Crippen LogP contribution in [0.25, 0.3) is 0 Å². The van der Waals surface area contributed by atoms with Crippen molar-refractivity contribution in [2.45, 2.75) is 26.4 Å².